The molecule has 3 aromatic carbocycles. The third-order valence-electron chi connectivity index (χ3n) is 7.99. The van der Waals surface area contributed by atoms with Gasteiger partial charge in [0.15, 0.2) is 0 Å². The summed E-state index contributed by atoms with van der Waals surface area (Å²) < 4.78 is 27.6. The van der Waals surface area contributed by atoms with Crippen LogP contribution < -0.4 is 0 Å². The van der Waals surface area contributed by atoms with Crippen molar-refractivity contribution in [2.24, 2.45) is 20.0 Å². The van der Waals surface area contributed by atoms with Gasteiger partial charge >= 0.3 is 0 Å². The van der Waals surface area contributed by atoms with E-state index in [-0.39, 0.29) is 11.6 Å². The molecule has 2 heterocycles. The number of halogens is 2. The maximum absolute atomic E-state index is 13.8. The molecule has 0 aliphatic heterocycles. The molecule has 8 heteroatoms. The minimum absolute atomic E-state index is 0.324. The van der Waals surface area contributed by atoms with Gasteiger partial charge in [0.2, 0.25) is 0 Å². The maximum atomic E-state index is 13.8. The first-order chi connectivity index (χ1) is 22.9. The van der Waals surface area contributed by atoms with Gasteiger partial charge in [-0.05, 0) is 138 Å². The molecule has 0 bridgehead atoms. The molecule has 0 fully saturated rings. The number of aliphatic imine (C=N–C) groups is 4. The fourth-order valence-corrected chi connectivity index (χ4v) is 5.06. The Hall–Kier alpha value is -5.50. The molecule has 2 aromatic heterocycles. The Morgan fingerprint density at radius 3 is 1.02 bits per heavy atom. The van der Waals surface area contributed by atoms with E-state index in [9.17, 15) is 8.78 Å². The molecule has 5 aromatic rings. The number of hydrogen-bond donors (Lipinski definition) is 0. The number of aryl methyl sites for hydroxylation is 4. The minimum atomic E-state index is -0.324. The highest BCUT2D eigenvalue weighted by Gasteiger charge is 2.11. The maximum Gasteiger partial charge on any atom is 0.125 e. The molecule has 48 heavy (non-hydrogen) atoms. The lowest BCUT2D eigenvalue weighted by Gasteiger charge is -2.10. The number of nitrogens with zero attached hydrogens (tertiary/aromatic N) is 6. The molecule has 0 spiro atoms. The van der Waals surface area contributed by atoms with E-state index in [0.29, 0.717) is 34.2 Å². The van der Waals surface area contributed by atoms with Gasteiger partial charge in [-0.1, -0.05) is 24.3 Å². The molecule has 0 aliphatic rings. The molecule has 0 saturated heterocycles. The van der Waals surface area contributed by atoms with E-state index in [0.717, 1.165) is 56.4 Å². The molecule has 0 N–H and O–H groups in total. The van der Waals surface area contributed by atoms with Gasteiger partial charge in [-0.25, -0.2) is 18.7 Å². The van der Waals surface area contributed by atoms with Gasteiger partial charge in [-0.15, -0.1) is 0 Å². The van der Waals surface area contributed by atoms with E-state index < -0.39 is 0 Å². The predicted octanol–water partition coefficient (Wildman–Crippen LogP) is 10.6. The zero-order chi connectivity index (χ0) is 34.5. The summed E-state index contributed by atoms with van der Waals surface area (Å²) in [6, 6.07) is 24.6. The number of rotatable bonds is 8. The first kappa shape index (κ1) is 33.9. The van der Waals surface area contributed by atoms with Crippen molar-refractivity contribution in [3.8, 4) is 0 Å². The molecule has 5 rings (SSSR count). The molecule has 0 amide bonds. The largest absolute Gasteiger partial charge is 0.251 e. The van der Waals surface area contributed by atoms with Crippen LogP contribution in [0.5, 0.6) is 0 Å². The Balaban J connectivity index is 1.38. The van der Waals surface area contributed by atoms with Crippen LogP contribution in [0, 0.1) is 39.3 Å². The number of benzene rings is 3. The van der Waals surface area contributed by atoms with E-state index in [1.807, 2.05) is 104 Å². The summed E-state index contributed by atoms with van der Waals surface area (Å²) in [6.45, 7) is 15.4. The van der Waals surface area contributed by atoms with Gasteiger partial charge in [0.25, 0.3) is 0 Å². The monoisotopic (exact) mass is 640 g/mol. The third-order valence-corrected chi connectivity index (χ3v) is 7.99. The summed E-state index contributed by atoms with van der Waals surface area (Å²) in [7, 11) is 0. The molecule has 0 saturated carbocycles. The Bertz CT molecular complexity index is 1990. The number of pyridine rings is 2. The lowest BCUT2D eigenvalue weighted by atomic mass is 10.1. The molecule has 6 nitrogen and oxygen atoms in total. The Morgan fingerprint density at radius 1 is 0.417 bits per heavy atom. The molecule has 0 aliphatic carbocycles. The van der Waals surface area contributed by atoms with Crippen LogP contribution in [0.15, 0.2) is 105 Å². The van der Waals surface area contributed by atoms with E-state index in [4.69, 9.17) is 20.0 Å². The first-order valence-electron chi connectivity index (χ1n) is 15.7. The average molecular weight is 641 g/mol. The highest BCUT2D eigenvalue weighted by molar-refractivity contribution is 6.03. The normalized spacial score (nSPS) is 12.9. The summed E-state index contributed by atoms with van der Waals surface area (Å²) in [5, 5.41) is 0. The van der Waals surface area contributed by atoms with E-state index >= 15 is 0 Å². The van der Waals surface area contributed by atoms with Crippen LogP contribution >= 0.6 is 0 Å². The zero-order valence-corrected chi connectivity index (χ0v) is 28.5. The topological polar surface area (TPSA) is 75.2 Å². The van der Waals surface area contributed by atoms with Crippen molar-refractivity contribution in [2.45, 2.75) is 55.4 Å². The van der Waals surface area contributed by atoms with Crippen molar-refractivity contribution in [1.82, 2.24) is 9.97 Å². The second-order valence-electron chi connectivity index (χ2n) is 11.9. The minimum Gasteiger partial charge on any atom is -0.251 e. The van der Waals surface area contributed by atoms with Crippen LogP contribution in [0.1, 0.15) is 72.7 Å². The van der Waals surface area contributed by atoms with E-state index in [1.54, 1.807) is 12.1 Å². The molecule has 0 radical (unpaired) electrons. The van der Waals surface area contributed by atoms with Crippen molar-refractivity contribution < 1.29 is 8.78 Å². The van der Waals surface area contributed by atoms with Crippen molar-refractivity contribution in [2.75, 3.05) is 0 Å². The second kappa shape index (κ2) is 14.5. The van der Waals surface area contributed by atoms with E-state index in [1.165, 1.54) is 24.3 Å². The van der Waals surface area contributed by atoms with Gasteiger partial charge in [0, 0.05) is 0 Å². The highest BCUT2D eigenvalue weighted by atomic mass is 19.1. The summed E-state index contributed by atoms with van der Waals surface area (Å²) in [6.07, 6.45) is 0. The fraction of sp³-hybridized carbons (Fsp3) is 0.200. The lowest BCUT2D eigenvalue weighted by Crippen LogP contribution is -2.05. The SMILES string of the molecule is CC(=Nc1cc(F)ccc1C)c1cccc(C(C)=Nc2cc(C)c(N=C(C)c3cccc(C(C)=Nc4cc(F)ccc4C)n3)cc2C)n1. The number of aromatic nitrogens is 2. The summed E-state index contributed by atoms with van der Waals surface area (Å²) in [5.74, 6) is -0.649. The van der Waals surface area contributed by atoms with Gasteiger partial charge in [0.1, 0.15) is 11.6 Å². The van der Waals surface area contributed by atoms with Gasteiger partial charge in [0.05, 0.1) is 68.4 Å². The van der Waals surface area contributed by atoms with Crippen molar-refractivity contribution in [3.63, 3.8) is 0 Å². The van der Waals surface area contributed by atoms with Gasteiger partial charge < -0.3 is 0 Å². The highest BCUT2D eigenvalue weighted by Crippen LogP contribution is 2.30. The molecular formula is C40H38F2N6. The smallest absolute Gasteiger partial charge is 0.125 e. The van der Waals surface area contributed by atoms with Crippen LogP contribution in [0.4, 0.5) is 31.5 Å². The predicted molar refractivity (Wildman–Crippen MR) is 194 cm³/mol. The molecule has 242 valence electrons. The number of hydrogen-bond acceptors (Lipinski definition) is 6. The third kappa shape index (κ3) is 8.07. The quantitative estimate of drug-likeness (QED) is 0.158. The molecular weight excluding hydrogens is 602 g/mol. The molecule has 0 unspecified atom stereocenters. The van der Waals surface area contributed by atoms with Crippen LogP contribution in [0.25, 0.3) is 0 Å². The van der Waals surface area contributed by atoms with Gasteiger partial charge in [-0.2, -0.15) is 0 Å². The Morgan fingerprint density at radius 2 is 0.708 bits per heavy atom. The first-order valence-corrected chi connectivity index (χ1v) is 15.7. The van der Waals surface area contributed by atoms with Crippen LogP contribution in [-0.2, 0) is 0 Å². The van der Waals surface area contributed by atoms with Gasteiger partial charge in [-0.3, -0.25) is 20.0 Å². The standard InChI is InChI=1S/C40H38F2N6/c1-23-15-17-31(41)21-39(23)45-29(7)35-13-9-11-33(47-35)27(5)43-37-19-26(4)38(20-25(37)3)44-28(6)34-12-10-14-36(48-34)30(8)46-40-22-32(42)18-16-24(40)2/h9-22H,1-8H3. The zero-order valence-electron chi connectivity index (χ0n) is 28.5. The van der Waals surface area contributed by atoms with Crippen LogP contribution in [0.3, 0.4) is 0 Å². The van der Waals surface area contributed by atoms with Crippen LogP contribution in [-0.4, -0.2) is 32.8 Å². The Labute approximate surface area is 280 Å². The fourth-order valence-electron chi connectivity index (χ4n) is 5.06. The summed E-state index contributed by atoms with van der Waals surface area (Å²) in [5.41, 5.74) is 12.3. The second-order valence-corrected chi connectivity index (χ2v) is 11.9. The van der Waals surface area contributed by atoms with Crippen molar-refractivity contribution in [3.05, 3.63) is 142 Å². The summed E-state index contributed by atoms with van der Waals surface area (Å²) in [4.78, 5) is 28.7. The lowest BCUT2D eigenvalue weighted by molar-refractivity contribution is 0.627. The Kier molecular flexibility index (Phi) is 10.2. The average Bonchev–Trinajstić information content (AvgIpc) is 3.06. The summed E-state index contributed by atoms with van der Waals surface area (Å²) >= 11 is 0. The molecule has 0 atom stereocenters. The van der Waals surface area contributed by atoms with E-state index in [2.05, 4.69) is 9.98 Å². The van der Waals surface area contributed by atoms with Crippen LogP contribution in [0.2, 0.25) is 0 Å². The van der Waals surface area contributed by atoms with Crippen molar-refractivity contribution >= 4 is 45.6 Å². The van der Waals surface area contributed by atoms with Crippen molar-refractivity contribution in [1.29, 1.82) is 0 Å².